The fraction of sp³-hybridized carbons (Fsp3) is 0.130. The first-order valence-corrected chi connectivity index (χ1v) is 10.5. The Labute approximate surface area is 194 Å². The number of anilines is 1. The molecule has 0 spiro atoms. The van der Waals surface area contributed by atoms with Crippen LogP contribution < -0.4 is 21.9 Å². The Balaban J connectivity index is 1.57. The van der Waals surface area contributed by atoms with Gasteiger partial charge in [0.05, 0.1) is 23.1 Å². The molecule has 33 heavy (non-hydrogen) atoms. The molecule has 168 valence electrons. The molecule has 2 heterocycles. The summed E-state index contributed by atoms with van der Waals surface area (Å²) in [5.74, 6) is -0.164. The highest BCUT2D eigenvalue weighted by molar-refractivity contribution is 7.80. The molecule has 0 unspecified atom stereocenters. The van der Waals surface area contributed by atoms with E-state index in [9.17, 15) is 14.7 Å². The predicted octanol–water partition coefficient (Wildman–Crippen LogP) is 2.36. The van der Waals surface area contributed by atoms with Crippen molar-refractivity contribution in [3.63, 3.8) is 0 Å². The van der Waals surface area contributed by atoms with E-state index in [2.05, 4.69) is 15.8 Å². The van der Waals surface area contributed by atoms with E-state index in [1.54, 1.807) is 50.0 Å². The molecule has 0 atom stereocenters. The van der Waals surface area contributed by atoms with Gasteiger partial charge in [0.25, 0.3) is 11.1 Å². The van der Waals surface area contributed by atoms with Crippen molar-refractivity contribution in [3.8, 4) is 11.4 Å². The lowest BCUT2D eigenvalue weighted by Gasteiger charge is -2.09. The standard InChI is InChI=1S/C23H22N6O3S/c1-14-19(22(32)29(28(14)3)15-9-5-4-6-10-15)25-23(33)26-24-13-17-20(30)16-11-7-8-12-18(16)27(2)21(17)31/h4-13,30H,1-3H3,(H2,25,26,33)/b24-13+. The van der Waals surface area contributed by atoms with Crippen LogP contribution in [0.25, 0.3) is 16.6 Å². The lowest BCUT2D eigenvalue weighted by atomic mass is 10.1. The quantitative estimate of drug-likeness (QED) is 0.244. The minimum Gasteiger partial charge on any atom is -0.506 e. The molecule has 3 N–H and O–H groups in total. The number of benzene rings is 2. The van der Waals surface area contributed by atoms with Crippen molar-refractivity contribution >= 4 is 40.1 Å². The van der Waals surface area contributed by atoms with Crippen molar-refractivity contribution < 1.29 is 5.11 Å². The predicted molar refractivity (Wildman–Crippen MR) is 134 cm³/mol. The molecule has 0 amide bonds. The van der Waals surface area contributed by atoms with E-state index in [-0.39, 0.29) is 22.0 Å². The second kappa shape index (κ2) is 8.75. The molecule has 4 aromatic rings. The molecule has 2 aromatic carbocycles. The number of aromatic hydroxyl groups is 1. The average Bonchev–Trinajstić information content (AvgIpc) is 3.03. The van der Waals surface area contributed by atoms with E-state index in [1.165, 1.54) is 15.5 Å². The fourth-order valence-corrected chi connectivity index (χ4v) is 3.78. The molecule has 0 aliphatic carbocycles. The van der Waals surface area contributed by atoms with Gasteiger partial charge in [0.1, 0.15) is 17.0 Å². The summed E-state index contributed by atoms with van der Waals surface area (Å²) in [5.41, 5.74) is 4.26. The number of para-hydroxylation sites is 2. The molecule has 4 rings (SSSR count). The molecular weight excluding hydrogens is 440 g/mol. The Morgan fingerprint density at radius 2 is 1.70 bits per heavy atom. The minimum absolute atomic E-state index is 0.0221. The monoisotopic (exact) mass is 462 g/mol. The van der Waals surface area contributed by atoms with Crippen molar-refractivity contribution in [2.24, 2.45) is 19.2 Å². The zero-order valence-corrected chi connectivity index (χ0v) is 19.1. The molecule has 0 radical (unpaired) electrons. The molecule has 0 fully saturated rings. The number of pyridine rings is 1. The van der Waals surface area contributed by atoms with Gasteiger partial charge in [-0.2, -0.15) is 5.10 Å². The second-order valence-electron chi connectivity index (χ2n) is 7.40. The van der Waals surface area contributed by atoms with E-state index in [1.807, 2.05) is 30.3 Å². The molecule has 2 aromatic heterocycles. The smallest absolute Gasteiger partial charge is 0.295 e. The summed E-state index contributed by atoms with van der Waals surface area (Å²) in [5, 5.41) is 18.0. The highest BCUT2D eigenvalue weighted by Crippen LogP contribution is 2.24. The van der Waals surface area contributed by atoms with E-state index in [4.69, 9.17) is 12.2 Å². The van der Waals surface area contributed by atoms with Gasteiger partial charge in [0, 0.05) is 19.5 Å². The van der Waals surface area contributed by atoms with Gasteiger partial charge < -0.3 is 15.0 Å². The third kappa shape index (κ3) is 3.92. The summed E-state index contributed by atoms with van der Waals surface area (Å²) in [7, 11) is 3.40. The van der Waals surface area contributed by atoms with Gasteiger partial charge in [-0.3, -0.25) is 19.7 Å². The Hall–Kier alpha value is -4.18. The van der Waals surface area contributed by atoms with Gasteiger partial charge in [-0.1, -0.05) is 30.3 Å². The third-order valence-corrected chi connectivity index (χ3v) is 5.66. The lowest BCUT2D eigenvalue weighted by molar-refractivity contribution is 0.478. The van der Waals surface area contributed by atoms with Crippen molar-refractivity contribution in [3.05, 3.63) is 86.6 Å². The molecular formula is C23H22N6O3S. The Morgan fingerprint density at radius 3 is 2.42 bits per heavy atom. The van der Waals surface area contributed by atoms with Gasteiger partial charge in [-0.05, 0) is 43.4 Å². The molecule has 9 nitrogen and oxygen atoms in total. The number of aryl methyl sites for hydroxylation is 1. The maximum absolute atomic E-state index is 13.0. The second-order valence-corrected chi connectivity index (χ2v) is 7.81. The number of hydrogen-bond acceptors (Lipinski definition) is 5. The number of hydrazone groups is 1. The highest BCUT2D eigenvalue weighted by atomic mass is 32.1. The van der Waals surface area contributed by atoms with E-state index < -0.39 is 5.56 Å². The summed E-state index contributed by atoms with van der Waals surface area (Å²) in [6.07, 6.45) is 1.21. The Bertz CT molecular complexity index is 1520. The third-order valence-electron chi connectivity index (χ3n) is 5.46. The molecule has 0 aliphatic heterocycles. The van der Waals surface area contributed by atoms with Crippen LogP contribution in [0.4, 0.5) is 5.69 Å². The number of thiocarbonyl (C=S) groups is 1. The summed E-state index contributed by atoms with van der Waals surface area (Å²) >= 11 is 5.27. The summed E-state index contributed by atoms with van der Waals surface area (Å²) in [6, 6.07) is 16.3. The van der Waals surface area contributed by atoms with Crippen molar-refractivity contribution in [2.75, 3.05) is 5.32 Å². The van der Waals surface area contributed by atoms with Gasteiger partial charge >= 0.3 is 0 Å². The van der Waals surface area contributed by atoms with Gasteiger partial charge in [0.15, 0.2) is 5.11 Å². The van der Waals surface area contributed by atoms with Crippen LogP contribution in [0.3, 0.4) is 0 Å². The summed E-state index contributed by atoms with van der Waals surface area (Å²) in [6.45, 7) is 1.80. The van der Waals surface area contributed by atoms with Crippen molar-refractivity contribution in [1.82, 2.24) is 19.4 Å². The van der Waals surface area contributed by atoms with Crippen LogP contribution in [0.2, 0.25) is 0 Å². The first kappa shape index (κ1) is 22.0. The maximum atomic E-state index is 13.0. The molecule has 0 bridgehead atoms. The van der Waals surface area contributed by atoms with Crippen molar-refractivity contribution in [2.45, 2.75) is 6.92 Å². The maximum Gasteiger partial charge on any atom is 0.295 e. The Morgan fingerprint density at radius 1 is 1.03 bits per heavy atom. The molecule has 0 aliphatic rings. The first-order chi connectivity index (χ1) is 15.8. The van der Waals surface area contributed by atoms with Crippen LogP contribution >= 0.6 is 12.2 Å². The zero-order chi connectivity index (χ0) is 23.7. The average molecular weight is 463 g/mol. The molecule has 0 saturated heterocycles. The number of aromatic nitrogens is 3. The fourth-order valence-electron chi connectivity index (χ4n) is 3.63. The molecule has 0 saturated carbocycles. The highest BCUT2D eigenvalue weighted by Gasteiger charge is 2.17. The van der Waals surface area contributed by atoms with Crippen LogP contribution in [0.15, 0.2) is 69.3 Å². The van der Waals surface area contributed by atoms with Crippen molar-refractivity contribution in [1.29, 1.82) is 0 Å². The van der Waals surface area contributed by atoms with Gasteiger partial charge in [-0.25, -0.2) is 4.68 Å². The van der Waals surface area contributed by atoms with E-state index >= 15 is 0 Å². The zero-order valence-electron chi connectivity index (χ0n) is 18.2. The number of nitrogens with zero attached hydrogens (tertiary/aromatic N) is 4. The van der Waals surface area contributed by atoms with Crippen LogP contribution in [-0.2, 0) is 14.1 Å². The lowest BCUT2D eigenvalue weighted by Crippen LogP contribution is -2.28. The van der Waals surface area contributed by atoms with Crippen LogP contribution in [0.5, 0.6) is 5.75 Å². The normalized spacial score (nSPS) is 11.2. The van der Waals surface area contributed by atoms with Crippen LogP contribution in [0.1, 0.15) is 11.3 Å². The number of fused-ring (bicyclic) bond motifs is 1. The number of hydrogen-bond donors (Lipinski definition) is 3. The van der Waals surface area contributed by atoms with E-state index in [0.29, 0.717) is 22.3 Å². The Kier molecular flexibility index (Phi) is 5.84. The summed E-state index contributed by atoms with van der Waals surface area (Å²) < 4.78 is 4.69. The number of rotatable bonds is 4. The first-order valence-electron chi connectivity index (χ1n) is 10.1. The molecule has 10 heteroatoms. The largest absolute Gasteiger partial charge is 0.506 e. The van der Waals surface area contributed by atoms with E-state index in [0.717, 1.165) is 5.69 Å². The number of nitrogens with one attached hydrogen (secondary N) is 2. The minimum atomic E-state index is -0.403. The topological polar surface area (TPSA) is 106 Å². The van der Waals surface area contributed by atoms with Gasteiger partial charge in [-0.15, -0.1) is 0 Å². The van der Waals surface area contributed by atoms with Crippen LogP contribution in [0, 0.1) is 6.92 Å². The SMILES string of the molecule is Cc1c(NC(=S)N/N=C/c2c(O)c3ccccc3n(C)c2=O)c(=O)n(-c2ccccc2)n1C. The summed E-state index contributed by atoms with van der Waals surface area (Å²) in [4.78, 5) is 25.6. The van der Waals surface area contributed by atoms with Gasteiger partial charge in [0.2, 0.25) is 0 Å². The van der Waals surface area contributed by atoms with Crippen LogP contribution in [-0.4, -0.2) is 30.4 Å².